The first-order chi connectivity index (χ1) is 13.6. The number of nitrogens with one attached hydrogen (secondary N) is 1. The molecule has 4 rings (SSSR count). The Hall–Kier alpha value is -3.26. The highest BCUT2D eigenvalue weighted by Crippen LogP contribution is 2.16. The van der Waals surface area contributed by atoms with Crippen molar-refractivity contribution in [3.05, 3.63) is 71.6 Å². The first kappa shape index (κ1) is 18.1. The van der Waals surface area contributed by atoms with Crippen LogP contribution in [0.4, 0.5) is 4.39 Å². The van der Waals surface area contributed by atoms with Crippen LogP contribution in [0.1, 0.15) is 26.7 Å². The van der Waals surface area contributed by atoms with Gasteiger partial charge in [0.2, 0.25) is 5.82 Å². The number of hydrogen-bond donors (Lipinski definition) is 1. The van der Waals surface area contributed by atoms with E-state index in [4.69, 9.17) is 4.74 Å². The number of amides is 2. The summed E-state index contributed by atoms with van der Waals surface area (Å²) in [4.78, 5) is 31.6. The fourth-order valence-corrected chi connectivity index (χ4v) is 3.16. The Morgan fingerprint density at radius 2 is 1.86 bits per heavy atom. The highest BCUT2D eigenvalue weighted by Gasteiger charge is 2.26. The molecule has 3 aromatic rings. The molecule has 0 radical (unpaired) electrons. The van der Waals surface area contributed by atoms with Gasteiger partial charge in [-0.2, -0.15) is 0 Å². The van der Waals surface area contributed by atoms with Gasteiger partial charge >= 0.3 is 0 Å². The zero-order chi connectivity index (χ0) is 19.5. The van der Waals surface area contributed by atoms with Crippen LogP contribution in [0.2, 0.25) is 0 Å². The molecule has 2 amide bonds. The van der Waals surface area contributed by atoms with Crippen LogP contribution in [0, 0.1) is 5.82 Å². The smallest absolute Gasteiger partial charge is 0.290 e. The second-order valence-corrected chi connectivity index (χ2v) is 6.42. The molecule has 1 saturated heterocycles. The molecule has 1 fully saturated rings. The number of rotatable bonds is 4. The van der Waals surface area contributed by atoms with Gasteiger partial charge in [-0.15, -0.1) is 0 Å². The lowest BCUT2D eigenvalue weighted by atomic mass is 10.2. The summed E-state index contributed by atoms with van der Waals surface area (Å²) < 4.78 is 20.7. The number of pyridine rings is 1. The molecule has 0 spiro atoms. The van der Waals surface area contributed by atoms with E-state index >= 15 is 0 Å². The average Bonchev–Trinajstić information content (AvgIpc) is 3.13. The Morgan fingerprint density at radius 3 is 2.64 bits per heavy atom. The zero-order valence-electron chi connectivity index (χ0n) is 15.1. The van der Waals surface area contributed by atoms with Crippen LogP contribution in [0.15, 0.2) is 48.7 Å². The van der Waals surface area contributed by atoms with Crippen LogP contribution in [0.25, 0.3) is 5.52 Å². The fourth-order valence-electron chi connectivity index (χ4n) is 3.16. The molecule has 1 aliphatic rings. The number of aromatic nitrogens is 2. The maximum absolute atomic E-state index is 13.8. The molecule has 2 aromatic heterocycles. The van der Waals surface area contributed by atoms with Crippen molar-refractivity contribution in [1.29, 1.82) is 0 Å². The molecule has 8 heteroatoms. The number of imidazole rings is 1. The molecule has 7 nitrogen and oxygen atoms in total. The van der Waals surface area contributed by atoms with Gasteiger partial charge in [0.05, 0.1) is 18.7 Å². The van der Waals surface area contributed by atoms with Gasteiger partial charge in [-0.25, -0.2) is 9.37 Å². The molecule has 0 bridgehead atoms. The molecule has 1 aliphatic heterocycles. The van der Waals surface area contributed by atoms with Gasteiger partial charge in [0, 0.05) is 31.4 Å². The Balaban J connectivity index is 1.61. The molecule has 0 atom stereocenters. The van der Waals surface area contributed by atoms with Gasteiger partial charge in [-0.3, -0.25) is 14.0 Å². The van der Waals surface area contributed by atoms with Gasteiger partial charge in [-0.05, 0) is 18.2 Å². The molecular formula is C20H19FN4O3. The van der Waals surface area contributed by atoms with Crippen molar-refractivity contribution >= 4 is 17.3 Å². The standard InChI is InChI=1S/C20H19FN4O3/c21-15-6-2-1-5-14(15)13-22-19(26)17-16-7-3-4-8-25(16)18(23-17)20(27)24-9-11-28-12-10-24/h1-8H,9-13H2,(H,22,26). The van der Waals surface area contributed by atoms with E-state index in [1.807, 2.05) is 0 Å². The average molecular weight is 382 g/mol. The van der Waals surface area contributed by atoms with Gasteiger partial charge in [0.15, 0.2) is 5.69 Å². The summed E-state index contributed by atoms with van der Waals surface area (Å²) in [5.41, 5.74) is 1.03. The summed E-state index contributed by atoms with van der Waals surface area (Å²) >= 11 is 0. The van der Waals surface area contributed by atoms with Crippen molar-refractivity contribution in [2.75, 3.05) is 26.3 Å². The second-order valence-electron chi connectivity index (χ2n) is 6.42. The predicted octanol–water partition coefficient (Wildman–Crippen LogP) is 1.88. The third kappa shape index (κ3) is 3.46. The van der Waals surface area contributed by atoms with Crippen LogP contribution >= 0.6 is 0 Å². The molecule has 144 valence electrons. The van der Waals surface area contributed by atoms with E-state index in [1.165, 1.54) is 6.07 Å². The molecule has 1 N–H and O–H groups in total. The monoisotopic (exact) mass is 382 g/mol. The van der Waals surface area contributed by atoms with Gasteiger partial charge in [-0.1, -0.05) is 24.3 Å². The minimum Gasteiger partial charge on any atom is -0.378 e. The summed E-state index contributed by atoms with van der Waals surface area (Å²) in [6.07, 6.45) is 1.70. The van der Waals surface area contributed by atoms with Crippen LogP contribution in [0.3, 0.4) is 0 Å². The van der Waals surface area contributed by atoms with Crippen molar-refractivity contribution in [2.24, 2.45) is 0 Å². The lowest BCUT2D eigenvalue weighted by molar-refractivity contribution is 0.0294. The molecule has 0 unspecified atom stereocenters. The number of morpholine rings is 1. The van der Waals surface area contributed by atoms with E-state index in [0.717, 1.165) is 0 Å². The van der Waals surface area contributed by atoms with Crippen molar-refractivity contribution in [3.8, 4) is 0 Å². The summed E-state index contributed by atoms with van der Waals surface area (Å²) in [5, 5.41) is 2.68. The summed E-state index contributed by atoms with van der Waals surface area (Å²) in [7, 11) is 0. The minimum atomic E-state index is -0.465. The zero-order valence-corrected chi connectivity index (χ0v) is 15.1. The lowest BCUT2D eigenvalue weighted by Crippen LogP contribution is -2.41. The number of benzene rings is 1. The van der Waals surface area contributed by atoms with Crippen molar-refractivity contribution < 1.29 is 18.7 Å². The Labute approximate surface area is 160 Å². The molecular weight excluding hydrogens is 363 g/mol. The molecule has 0 saturated carbocycles. The SMILES string of the molecule is O=C(NCc1ccccc1F)c1nc(C(=O)N2CCOCC2)n2ccccc12. The van der Waals surface area contributed by atoms with E-state index in [-0.39, 0.29) is 29.8 Å². The maximum atomic E-state index is 13.8. The first-order valence-electron chi connectivity index (χ1n) is 9.01. The first-order valence-corrected chi connectivity index (χ1v) is 9.01. The maximum Gasteiger partial charge on any atom is 0.290 e. The number of ether oxygens (including phenoxy) is 1. The number of fused-ring (bicyclic) bond motifs is 1. The highest BCUT2D eigenvalue weighted by molar-refractivity contribution is 6.02. The predicted molar refractivity (Wildman–Crippen MR) is 99.5 cm³/mol. The Kier molecular flexibility index (Phi) is 5.03. The normalized spacial score (nSPS) is 14.2. The third-order valence-corrected chi connectivity index (χ3v) is 4.65. The van der Waals surface area contributed by atoms with Crippen LogP contribution in [-0.2, 0) is 11.3 Å². The van der Waals surface area contributed by atoms with Crippen LogP contribution in [-0.4, -0.2) is 52.4 Å². The minimum absolute atomic E-state index is 0.0318. The topological polar surface area (TPSA) is 75.9 Å². The number of carbonyl (C=O) groups excluding carboxylic acids is 2. The number of nitrogens with zero attached hydrogens (tertiary/aromatic N) is 3. The number of hydrogen-bond acceptors (Lipinski definition) is 4. The van der Waals surface area contributed by atoms with Crippen molar-refractivity contribution in [2.45, 2.75) is 6.54 Å². The van der Waals surface area contributed by atoms with Crippen molar-refractivity contribution in [3.63, 3.8) is 0 Å². The second kappa shape index (κ2) is 7.77. The molecule has 0 aliphatic carbocycles. The van der Waals surface area contributed by atoms with E-state index in [9.17, 15) is 14.0 Å². The highest BCUT2D eigenvalue weighted by atomic mass is 19.1. The summed E-state index contributed by atoms with van der Waals surface area (Å²) in [6.45, 7) is 1.95. The summed E-state index contributed by atoms with van der Waals surface area (Å²) in [6, 6.07) is 11.5. The molecule has 3 heterocycles. The quantitative estimate of drug-likeness (QED) is 0.748. The van der Waals surface area contributed by atoms with Crippen LogP contribution < -0.4 is 5.32 Å². The van der Waals surface area contributed by atoms with Gasteiger partial charge < -0.3 is 15.0 Å². The number of halogens is 1. The largest absolute Gasteiger partial charge is 0.378 e. The molecule has 1 aromatic carbocycles. The van der Waals surface area contributed by atoms with Gasteiger partial charge in [0.25, 0.3) is 11.8 Å². The van der Waals surface area contributed by atoms with E-state index in [2.05, 4.69) is 10.3 Å². The molecule has 28 heavy (non-hydrogen) atoms. The van der Waals surface area contributed by atoms with Crippen molar-refractivity contribution in [1.82, 2.24) is 19.6 Å². The Bertz CT molecular complexity index is 1030. The van der Waals surface area contributed by atoms with E-state index in [1.54, 1.807) is 51.9 Å². The van der Waals surface area contributed by atoms with E-state index in [0.29, 0.717) is 37.4 Å². The Morgan fingerprint density at radius 1 is 1.11 bits per heavy atom. The summed E-state index contributed by atoms with van der Waals surface area (Å²) in [5.74, 6) is -0.931. The fraction of sp³-hybridized carbons (Fsp3) is 0.250. The van der Waals surface area contributed by atoms with Crippen LogP contribution in [0.5, 0.6) is 0 Å². The van der Waals surface area contributed by atoms with E-state index < -0.39 is 5.91 Å². The number of carbonyl (C=O) groups is 2. The van der Waals surface area contributed by atoms with Gasteiger partial charge in [0.1, 0.15) is 5.82 Å². The lowest BCUT2D eigenvalue weighted by Gasteiger charge is -2.26. The third-order valence-electron chi connectivity index (χ3n) is 4.65.